The van der Waals surface area contributed by atoms with E-state index in [4.69, 9.17) is 27.9 Å². The van der Waals surface area contributed by atoms with Crippen LogP contribution in [-0.2, 0) is 0 Å². The van der Waals surface area contributed by atoms with Crippen molar-refractivity contribution in [3.05, 3.63) is 99.2 Å². The molecule has 3 aromatic carbocycles. The Morgan fingerprint density at radius 2 is 1.53 bits per heavy atom. The molecule has 3 aromatic rings. The molecule has 0 saturated carbocycles. The van der Waals surface area contributed by atoms with Gasteiger partial charge in [-0.15, -0.1) is 0 Å². The number of aliphatic hydroxyl groups is 1. The maximum absolute atomic E-state index is 15.1. The van der Waals surface area contributed by atoms with Gasteiger partial charge in [-0.2, -0.15) is 0 Å². The highest BCUT2D eigenvalue weighted by Crippen LogP contribution is 2.39. The average Bonchev–Trinajstić information content (AvgIpc) is 3.04. The number of carbonyl (C=O) groups is 1. The summed E-state index contributed by atoms with van der Waals surface area (Å²) in [7, 11) is 2.80. The molecule has 0 spiro atoms. The summed E-state index contributed by atoms with van der Waals surface area (Å²) in [4.78, 5) is 12.9. The summed E-state index contributed by atoms with van der Waals surface area (Å²) < 4.78 is 35.1. The van der Waals surface area contributed by atoms with Crippen LogP contribution in [0.15, 0.2) is 66.4 Å². The van der Waals surface area contributed by atoms with E-state index in [1.54, 1.807) is 24.3 Å². The first-order valence-electron chi connectivity index (χ1n) is 10.0. The Bertz CT molecular complexity index is 1240. The van der Waals surface area contributed by atoms with Gasteiger partial charge in [-0.1, -0.05) is 23.2 Å². The van der Waals surface area contributed by atoms with Crippen molar-refractivity contribution < 1.29 is 23.4 Å². The summed E-state index contributed by atoms with van der Waals surface area (Å²) in [5.41, 5.74) is 0.0988. The Morgan fingerprint density at radius 3 is 2.06 bits per heavy atom. The fraction of sp³-hybridized carbons (Fsp3) is 0.125. The zero-order chi connectivity index (χ0) is 24.6. The smallest absolute Gasteiger partial charge is 0.255 e. The molecule has 1 atom stereocenters. The molecule has 0 saturated heterocycles. The Labute approximate surface area is 204 Å². The molecule has 176 valence electrons. The first kappa shape index (κ1) is 23.8. The summed E-state index contributed by atoms with van der Waals surface area (Å²) in [6.45, 7) is 0. The van der Waals surface area contributed by atoms with Crippen LogP contribution in [-0.4, -0.2) is 36.4 Å². The Morgan fingerprint density at radius 1 is 1.00 bits per heavy atom. The molecule has 2 N–H and O–H groups in total. The second-order valence-electron chi connectivity index (χ2n) is 7.41. The number of benzene rings is 3. The molecule has 0 bridgehead atoms. The standard InChI is InChI=1S/C24H19Cl2F2N3O3/c1-30-22(20-18(27)11-17(34-2)12-19(20)28)21(29-23(32)13-3-5-14(25)6-4-13)24(33)31(30)16-9-7-15(26)8-10-16/h3-12,24,33H,1-2H3,(H,29,32). The first-order chi connectivity index (χ1) is 16.2. The molecule has 34 heavy (non-hydrogen) atoms. The molecule has 1 heterocycles. The minimum Gasteiger partial charge on any atom is -0.497 e. The third-order valence-electron chi connectivity index (χ3n) is 5.33. The zero-order valence-electron chi connectivity index (χ0n) is 18.0. The molecule has 10 heteroatoms. The van der Waals surface area contributed by atoms with Crippen LogP contribution in [0.25, 0.3) is 5.70 Å². The lowest BCUT2D eigenvalue weighted by Gasteiger charge is -2.32. The number of amides is 1. The Hall–Kier alpha value is -3.33. The zero-order valence-corrected chi connectivity index (χ0v) is 19.5. The number of hydrazine groups is 1. The summed E-state index contributed by atoms with van der Waals surface area (Å²) in [5, 5.41) is 17.4. The van der Waals surface area contributed by atoms with E-state index in [2.05, 4.69) is 5.32 Å². The second-order valence-corrected chi connectivity index (χ2v) is 8.28. The van der Waals surface area contributed by atoms with Crippen LogP contribution in [0.5, 0.6) is 5.75 Å². The number of halogens is 4. The van der Waals surface area contributed by atoms with Crippen LogP contribution in [0.3, 0.4) is 0 Å². The van der Waals surface area contributed by atoms with Crippen molar-refractivity contribution >= 4 is 40.5 Å². The largest absolute Gasteiger partial charge is 0.497 e. The van der Waals surface area contributed by atoms with E-state index < -0.39 is 29.3 Å². The molecule has 1 unspecified atom stereocenters. The minimum absolute atomic E-state index is 0.0122. The van der Waals surface area contributed by atoms with Gasteiger partial charge in [0.25, 0.3) is 5.91 Å². The number of carbonyl (C=O) groups excluding carboxylic acids is 1. The third-order valence-corrected chi connectivity index (χ3v) is 5.83. The van der Waals surface area contributed by atoms with Crippen LogP contribution >= 0.6 is 23.2 Å². The molecule has 4 rings (SSSR count). The molecule has 1 aliphatic rings. The molecule has 1 aliphatic heterocycles. The van der Waals surface area contributed by atoms with E-state index in [1.165, 1.54) is 48.4 Å². The lowest BCUT2D eigenvalue weighted by Crippen LogP contribution is -2.42. The maximum atomic E-state index is 15.1. The minimum atomic E-state index is -1.47. The number of nitrogens with one attached hydrogen (secondary N) is 1. The van der Waals surface area contributed by atoms with E-state index in [1.807, 2.05) is 0 Å². The van der Waals surface area contributed by atoms with Gasteiger partial charge in [0.05, 0.1) is 29.8 Å². The number of rotatable bonds is 5. The maximum Gasteiger partial charge on any atom is 0.255 e. The van der Waals surface area contributed by atoms with Gasteiger partial charge in [0.1, 0.15) is 17.4 Å². The Balaban J connectivity index is 1.83. The van der Waals surface area contributed by atoms with Gasteiger partial charge in [0, 0.05) is 34.8 Å². The fourth-order valence-corrected chi connectivity index (χ4v) is 3.96. The molecular formula is C24H19Cl2F2N3O3. The SMILES string of the molecule is COc1cc(F)c(C2=C(NC(=O)c3ccc(Cl)cc3)C(O)N(c3ccc(Cl)cc3)N2C)c(F)c1. The van der Waals surface area contributed by atoms with Crippen molar-refractivity contribution in [2.45, 2.75) is 6.23 Å². The number of anilines is 1. The van der Waals surface area contributed by atoms with Crippen LogP contribution < -0.4 is 15.1 Å². The lowest BCUT2D eigenvalue weighted by atomic mass is 10.1. The lowest BCUT2D eigenvalue weighted by molar-refractivity contribution is 0.0946. The number of nitrogens with zero attached hydrogens (tertiary/aromatic N) is 2. The van der Waals surface area contributed by atoms with Gasteiger partial charge < -0.3 is 15.2 Å². The average molecular weight is 506 g/mol. The molecular weight excluding hydrogens is 487 g/mol. The molecule has 0 aliphatic carbocycles. The van der Waals surface area contributed by atoms with Gasteiger partial charge in [-0.3, -0.25) is 14.8 Å². The van der Waals surface area contributed by atoms with Crippen molar-refractivity contribution in [2.75, 3.05) is 19.2 Å². The van der Waals surface area contributed by atoms with E-state index in [-0.39, 0.29) is 22.7 Å². The highest BCUT2D eigenvalue weighted by atomic mass is 35.5. The van der Waals surface area contributed by atoms with Gasteiger partial charge in [-0.05, 0) is 48.5 Å². The number of hydrogen-bond donors (Lipinski definition) is 2. The number of aliphatic hydroxyl groups excluding tert-OH is 1. The predicted molar refractivity (Wildman–Crippen MR) is 126 cm³/mol. The van der Waals surface area contributed by atoms with E-state index in [9.17, 15) is 9.90 Å². The number of methoxy groups -OCH3 is 1. The normalized spacial score (nSPS) is 15.7. The van der Waals surface area contributed by atoms with E-state index in [0.29, 0.717) is 15.7 Å². The fourth-order valence-electron chi connectivity index (χ4n) is 3.71. The van der Waals surface area contributed by atoms with Crippen LogP contribution in [0.4, 0.5) is 14.5 Å². The highest BCUT2D eigenvalue weighted by Gasteiger charge is 2.40. The van der Waals surface area contributed by atoms with Gasteiger partial charge >= 0.3 is 0 Å². The van der Waals surface area contributed by atoms with Gasteiger partial charge in [0.2, 0.25) is 0 Å². The third kappa shape index (κ3) is 4.40. The molecule has 0 fully saturated rings. The van der Waals surface area contributed by atoms with Crippen molar-refractivity contribution in [1.29, 1.82) is 0 Å². The van der Waals surface area contributed by atoms with Gasteiger partial charge in [-0.25, -0.2) is 8.78 Å². The topological polar surface area (TPSA) is 65.0 Å². The monoisotopic (exact) mass is 505 g/mol. The van der Waals surface area contributed by atoms with Gasteiger partial charge in [0.15, 0.2) is 6.23 Å². The summed E-state index contributed by atoms with van der Waals surface area (Å²) in [6, 6.07) is 14.6. The highest BCUT2D eigenvalue weighted by molar-refractivity contribution is 6.31. The summed E-state index contributed by atoms with van der Waals surface area (Å²) in [6.07, 6.45) is -1.47. The van der Waals surface area contributed by atoms with E-state index >= 15 is 8.78 Å². The molecule has 0 aromatic heterocycles. The molecule has 1 amide bonds. The van der Waals surface area contributed by atoms with E-state index in [0.717, 1.165) is 12.1 Å². The molecule has 0 radical (unpaired) electrons. The first-order valence-corrected chi connectivity index (χ1v) is 10.8. The predicted octanol–water partition coefficient (Wildman–Crippen LogP) is 5.06. The van der Waals surface area contributed by atoms with Crippen LogP contribution in [0.1, 0.15) is 15.9 Å². The van der Waals surface area contributed by atoms with Crippen molar-refractivity contribution in [3.63, 3.8) is 0 Å². The second kappa shape index (κ2) is 9.50. The number of ether oxygens (including phenoxy) is 1. The van der Waals surface area contributed by atoms with Crippen molar-refractivity contribution in [2.24, 2.45) is 0 Å². The Kier molecular flexibility index (Phi) is 6.65. The van der Waals surface area contributed by atoms with Crippen molar-refractivity contribution in [3.8, 4) is 5.75 Å². The van der Waals surface area contributed by atoms with Crippen LogP contribution in [0, 0.1) is 11.6 Å². The molecule has 6 nitrogen and oxygen atoms in total. The van der Waals surface area contributed by atoms with Crippen molar-refractivity contribution in [1.82, 2.24) is 10.3 Å². The quantitative estimate of drug-likeness (QED) is 0.507. The summed E-state index contributed by atoms with van der Waals surface area (Å²) in [5.74, 6) is -2.46. The van der Waals surface area contributed by atoms with Crippen LogP contribution in [0.2, 0.25) is 10.0 Å². The number of hydrogen-bond acceptors (Lipinski definition) is 5. The summed E-state index contributed by atoms with van der Waals surface area (Å²) >= 11 is 11.9.